The highest BCUT2D eigenvalue weighted by Gasteiger charge is 2.37. The Kier molecular flexibility index (Phi) is 2.37. The van der Waals surface area contributed by atoms with Gasteiger partial charge < -0.3 is 4.84 Å². The van der Waals surface area contributed by atoms with E-state index in [9.17, 15) is 0 Å². The van der Waals surface area contributed by atoms with Gasteiger partial charge in [0.15, 0.2) is 0 Å². The molecule has 2 heterocycles. The van der Waals surface area contributed by atoms with Gasteiger partial charge in [-0.1, -0.05) is 28.9 Å². The van der Waals surface area contributed by atoms with E-state index in [0.29, 0.717) is 11.2 Å². The first kappa shape index (κ1) is 9.55. The summed E-state index contributed by atoms with van der Waals surface area (Å²) in [4.78, 5) is 5.14. The molecule has 2 aliphatic heterocycles. The van der Waals surface area contributed by atoms with Gasteiger partial charge >= 0.3 is 0 Å². The minimum atomic E-state index is 0.370. The van der Waals surface area contributed by atoms with Gasteiger partial charge in [-0.25, -0.2) is 0 Å². The monoisotopic (exact) mass is 239 g/mol. The highest BCUT2D eigenvalue weighted by Crippen LogP contribution is 2.43. The lowest BCUT2D eigenvalue weighted by molar-refractivity contribution is 0.158. The number of benzene rings is 1. The number of oxime groups is 1. The topological polar surface area (TPSA) is 21.6 Å². The Hall–Kier alpha value is -0.670. The van der Waals surface area contributed by atoms with Crippen LogP contribution in [0.3, 0.4) is 0 Å². The van der Waals surface area contributed by atoms with E-state index in [1.165, 1.54) is 11.3 Å². The fourth-order valence-corrected chi connectivity index (χ4v) is 3.53. The molecule has 2 aliphatic rings. The zero-order valence-electron chi connectivity index (χ0n) is 8.02. The van der Waals surface area contributed by atoms with Crippen LogP contribution >= 0.6 is 23.4 Å². The van der Waals surface area contributed by atoms with Crippen LogP contribution in [-0.4, -0.2) is 18.1 Å². The summed E-state index contributed by atoms with van der Waals surface area (Å²) in [5, 5.41) is 5.29. The second-order valence-electron chi connectivity index (χ2n) is 3.77. The summed E-state index contributed by atoms with van der Waals surface area (Å²) in [6.07, 6.45) is 0. The fourth-order valence-electron chi connectivity index (χ4n) is 1.96. The predicted octanol–water partition coefficient (Wildman–Crippen LogP) is 3.13. The smallest absolute Gasteiger partial charge is 0.126 e. The quantitative estimate of drug-likeness (QED) is 0.751. The summed E-state index contributed by atoms with van der Waals surface area (Å²) in [7, 11) is 0. The van der Waals surface area contributed by atoms with E-state index in [2.05, 4.69) is 17.3 Å². The van der Waals surface area contributed by atoms with Crippen molar-refractivity contribution in [1.82, 2.24) is 0 Å². The number of halogens is 1. The average Bonchev–Trinajstić information content (AvgIpc) is 2.80. The zero-order chi connectivity index (χ0) is 10.3. The molecule has 0 unspecified atom stereocenters. The van der Waals surface area contributed by atoms with Crippen LogP contribution in [-0.2, 0) is 4.84 Å². The Bertz CT molecular complexity index is 404. The summed E-state index contributed by atoms with van der Waals surface area (Å²) in [6.45, 7) is 0.756. The van der Waals surface area contributed by atoms with Crippen molar-refractivity contribution in [2.45, 2.75) is 5.25 Å². The molecule has 0 bridgehead atoms. The lowest BCUT2D eigenvalue weighted by Gasteiger charge is -2.08. The molecule has 2 nitrogen and oxygen atoms in total. The Morgan fingerprint density at radius 3 is 2.93 bits per heavy atom. The van der Waals surface area contributed by atoms with Gasteiger partial charge in [0.25, 0.3) is 0 Å². The van der Waals surface area contributed by atoms with Crippen LogP contribution in [0.4, 0.5) is 0 Å². The van der Waals surface area contributed by atoms with Crippen LogP contribution in [0.25, 0.3) is 0 Å². The molecule has 0 amide bonds. The number of fused-ring (bicyclic) bond motifs is 1. The highest BCUT2D eigenvalue weighted by molar-refractivity contribution is 8.00. The lowest BCUT2D eigenvalue weighted by atomic mass is 10.00. The second-order valence-corrected chi connectivity index (χ2v) is 5.35. The largest absolute Gasteiger partial charge is 0.395 e. The van der Waals surface area contributed by atoms with Crippen LogP contribution in [0.5, 0.6) is 0 Å². The van der Waals surface area contributed by atoms with Crippen molar-refractivity contribution in [2.75, 3.05) is 12.4 Å². The van der Waals surface area contributed by atoms with Gasteiger partial charge in [-0.2, -0.15) is 0 Å². The van der Waals surface area contributed by atoms with E-state index in [0.717, 1.165) is 17.4 Å². The predicted molar refractivity (Wildman–Crippen MR) is 63.5 cm³/mol. The maximum atomic E-state index is 5.87. The van der Waals surface area contributed by atoms with E-state index in [1.807, 2.05) is 23.9 Å². The Balaban J connectivity index is 1.91. The van der Waals surface area contributed by atoms with Gasteiger partial charge in [-0.05, 0) is 17.7 Å². The lowest BCUT2D eigenvalue weighted by Crippen LogP contribution is -2.11. The normalized spacial score (nSPS) is 28.5. The molecular weight excluding hydrogens is 230 g/mol. The van der Waals surface area contributed by atoms with Crippen molar-refractivity contribution in [2.24, 2.45) is 11.1 Å². The molecule has 0 radical (unpaired) electrons. The number of thioether (sulfide) groups is 1. The van der Waals surface area contributed by atoms with Gasteiger partial charge in [0.2, 0.25) is 0 Å². The summed E-state index contributed by atoms with van der Waals surface area (Å²) >= 11 is 7.81. The minimum absolute atomic E-state index is 0.370. The van der Waals surface area contributed by atoms with E-state index in [-0.39, 0.29) is 0 Å². The number of hydrogen-bond donors (Lipinski definition) is 0. The molecule has 0 saturated carbocycles. The summed E-state index contributed by atoms with van der Waals surface area (Å²) in [6, 6.07) is 8.01. The first-order valence-electron chi connectivity index (χ1n) is 4.91. The third-order valence-electron chi connectivity index (χ3n) is 2.77. The molecule has 2 atom stereocenters. The van der Waals surface area contributed by atoms with E-state index in [4.69, 9.17) is 16.4 Å². The molecule has 0 N–H and O–H groups in total. The molecule has 1 aromatic carbocycles. The molecule has 78 valence electrons. The molecular formula is C11H10ClNOS. The maximum Gasteiger partial charge on any atom is 0.126 e. The molecule has 1 aromatic rings. The minimum Gasteiger partial charge on any atom is -0.395 e. The number of rotatable bonds is 1. The summed E-state index contributed by atoms with van der Waals surface area (Å²) in [5.41, 5.74) is 2.47. The van der Waals surface area contributed by atoms with Crippen molar-refractivity contribution < 1.29 is 4.84 Å². The third-order valence-corrected chi connectivity index (χ3v) is 4.46. The van der Waals surface area contributed by atoms with Crippen LogP contribution < -0.4 is 0 Å². The Morgan fingerprint density at radius 2 is 2.13 bits per heavy atom. The van der Waals surface area contributed by atoms with E-state index in [1.54, 1.807) is 0 Å². The molecule has 1 saturated heterocycles. The first-order valence-corrected chi connectivity index (χ1v) is 6.34. The molecule has 15 heavy (non-hydrogen) atoms. The van der Waals surface area contributed by atoms with Crippen molar-refractivity contribution in [3.8, 4) is 0 Å². The molecule has 0 aliphatic carbocycles. The van der Waals surface area contributed by atoms with E-state index < -0.39 is 0 Å². The molecule has 3 rings (SSSR count). The van der Waals surface area contributed by atoms with Crippen LogP contribution in [0.1, 0.15) is 10.8 Å². The fraction of sp³-hybridized carbons (Fsp3) is 0.364. The van der Waals surface area contributed by atoms with Gasteiger partial charge in [0, 0.05) is 16.7 Å². The molecule has 1 fully saturated rings. The van der Waals surface area contributed by atoms with Crippen LogP contribution in [0.2, 0.25) is 5.02 Å². The maximum absolute atomic E-state index is 5.87. The highest BCUT2D eigenvalue weighted by atomic mass is 35.5. The third kappa shape index (κ3) is 1.64. The zero-order valence-corrected chi connectivity index (χ0v) is 9.59. The first-order chi connectivity index (χ1) is 7.34. The van der Waals surface area contributed by atoms with Crippen LogP contribution in [0.15, 0.2) is 29.4 Å². The van der Waals surface area contributed by atoms with E-state index >= 15 is 0 Å². The van der Waals surface area contributed by atoms with Crippen LogP contribution in [0, 0.1) is 5.92 Å². The number of nitrogens with zero attached hydrogens (tertiary/aromatic N) is 1. The SMILES string of the molecule is Clc1ccc([C@H]2SC[C@H]3CON=C32)cc1. The van der Waals surface area contributed by atoms with Crippen molar-refractivity contribution in [1.29, 1.82) is 0 Å². The van der Waals surface area contributed by atoms with Gasteiger partial charge in [0.1, 0.15) is 6.61 Å². The van der Waals surface area contributed by atoms with Gasteiger partial charge in [-0.15, -0.1) is 11.8 Å². The second kappa shape index (κ2) is 3.72. The van der Waals surface area contributed by atoms with Gasteiger partial charge in [-0.3, -0.25) is 0 Å². The molecule has 0 spiro atoms. The van der Waals surface area contributed by atoms with Crippen molar-refractivity contribution in [3.05, 3.63) is 34.9 Å². The Labute approximate surface area is 97.6 Å². The standard InChI is InChI=1S/C11H10ClNOS/c12-9-3-1-7(2-4-9)11-10-8(6-15-11)5-14-13-10/h1-4,8,11H,5-6H2/t8-,11-/m1/s1. The molecule has 4 heteroatoms. The molecule has 0 aromatic heterocycles. The Morgan fingerprint density at radius 1 is 1.33 bits per heavy atom. The summed E-state index contributed by atoms with van der Waals surface area (Å²) < 4.78 is 0. The average molecular weight is 240 g/mol. The summed E-state index contributed by atoms with van der Waals surface area (Å²) in [5.74, 6) is 1.64. The van der Waals surface area contributed by atoms with Crippen molar-refractivity contribution in [3.63, 3.8) is 0 Å². The number of hydrogen-bond acceptors (Lipinski definition) is 3. The van der Waals surface area contributed by atoms with Crippen molar-refractivity contribution >= 4 is 29.1 Å². The van der Waals surface area contributed by atoms with Gasteiger partial charge in [0.05, 0.1) is 11.0 Å².